The van der Waals surface area contributed by atoms with Crippen LogP contribution >= 0.6 is 0 Å². The number of aliphatic hydroxyl groups is 2. The number of quaternary nitrogens is 1. The Bertz CT molecular complexity index is 716. The van der Waals surface area contributed by atoms with Gasteiger partial charge in [0.05, 0.1) is 52.1 Å². The van der Waals surface area contributed by atoms with E-state index in [1.807, 2.05) is 5.32 Å². The number of hydrogen-bond donors (Lipinski definition) is 3. The maximum Gasteiger partial charge on any atom is 0.290 e. The molecule has 2 rings (SSSR count). The highest BCUT2D eigenvalue weighted by molar-refractivity contribution is 6.08. The Morgan fingerprint density at radius 1 is 1.27 bits per heavy atom. The zero-order chi connectivity index (χ0) is 19.3. The Morgan fingerprint density at radius 2 is 2.00 bits per heavy atom. The second kappa shape index (κ2) is 8.68. The van der Waals surface area contributed by atoms with Crippen LogP contribution < -0.4 is 14.8 Å². The summed E-state index contributed by atoms with van der Waals surface area (Å²) in [6.45, 7) is 2.70. The third-order valence-electron chi connectivity index (χ3n) is 4.33. The number of carbonyl (C=O) groups is 2. The topological polar surface area (TPSA) is 113 Å². The lowest BCUT2D eigenvalue weighted by molar-refractivity contribution is -0.655. The van der Waals surface area contributed by atoms with Crippen molar-refractivity contribution in [2.24, 2.45) is 0 Å². The maximum absolute atomic E-state index is 12.5. The molecule has 142 valence electrons. The van der Waals surface area contributed by atoms with Crippen LogP contribution in [0.2, 0.25) is 0 Å². The Labute approximate surface area is 152 Å². The molecule has 1 aliphatic rings. The molecular weight excluding hydrogens is 340 g/mol. The van der Waals surface area contributed by atoms with Crippen LogP contribution in [-0.2, 0) is 9.59 Å². The molecule has 0 saturated heterocycles. The average molecular weight is 365 g/mol. The molecule has 8 heteroatoms. The van der Waals surface area contributed by atoms with Crippen LogP contribution in [0.15, 0.2) is 29.5 Å². The van der Waals surface area contributed by atoms with E-state index in [0.717, 1.165) is 0 Å². The molecule has 1 aromatic rings. The van der Waals surface area contributed by atoms with E-state index in [9.17, 15) is 14.7 Å². The van der Waals surface area contributed by atoms with Gasteiger partial charge in [-0.15, -0.1) is 0 Å². The van der Waals surface area contributed by atoms with Crippen LogP contribution in [-0.4, -0.2) is 67.3 Å². The van der Waals surface area contributed by atoms with Gasteiger partial charge in [0.15, 0.2) is 11.5 Å². The minimum atomic E-state index is -0.733. The molecule has 0 fully saturated rings. The van der Waals surface area contributed by atoms with Crippen molar-refractivity contribution in [2.45, 2.75) is 13.0 Å². The minimum absolute atomic E-state index is 0.0336. The first kappa shape index (κ1) is 19.7. The number of Topliss-reactive ketones (excluding diaryl/α,β-unsaturated/α-hetero) is 1. The standard InChI is InChI=1S/C18H24N2O6/c1-11(22)15-16(13-5-4-12(25-2)10-14(13)26-3)20(18(24)17(15)23)8-6-19-7-9-21/h4-5,10,16,19,21,23H,6-9H2,1-3H3/p+1/t16-/m1/s1. The fourth-order valence-corrected chi connectivity index (χ4v) is 3.08. The molecule has 0 saturated carbocycles. The van der Waals surface area contributed by atoms with Crippen LogP contribution in [0.3, 0.4) is 0 Å². The summed E-state index contributed by atoms with van der Waals surface area (Å²) in [5.74, 6) is -0.450. The Hall–Kier alpha value is -2.58. The van der Waals surface area contributed by atoms with Crippen molar-refractivity contribution < 1.29 is 34.6 Å². The van der Waals surface area contributed by atoms with E-state index in [4.69, 9.17) is 14.6 Å². The molecule has 4 N–H and O–H groups in total. The lowest BCUT2D eigenvalue weighted by Crippen LogP contribution is -2.86. The molecule has 0 bridgehead atoms. The number of carbonyl (C=O) groups excluding carboxylic acids is 2. The first-order valence-electron chi connectivity index (χ1n) is 8.35. The lowest BCUT2D eigenvalue weighted by atomic mass is 9.95. The van der Waals surface area contributed by atoms with Crippen molar-refractivity contribution in [3.05, 3.63) is 35.1 Å². The largest absolute Gasteiger partial charge is 0.503 e. The molecule has 0 aliphatic carbocycles. The van der Waals surface area contributed by atoms with Gasteiger partial charge in [-0.05, 0) is 19.1 Å². The van der Waals surface area contributed by atoms with Gasteiger partial charge in [0.25, 0.3) is 5.91 Å². The monoisotopic (exact) mass is 365 g/mol. The third-order valence-corrected chi connectivity index (χ3v) is 4.33. The predicted octanol–water partition coefficient (Wildman–Crippen LogP) is -0.456. The van der Waals surface area contributed by atoms with E-state index in [1.54, 1.807) is 18.2 Å². The second-order valence-corrected chi connectivity index (χ2v) is 5.92. The van der Waals surface area contributed by atoms with E-state index in [0.29, 0.717) is 36.7 Å². The van der Waals surface area contributed by atoms with E-state index in [-0.39, 0.29) is 18.0 Å². The number of methoxy groups -OCH3 is 2. The lowest BCUT2D eigenvalue weighted by Gasteiger charge is -2.27. The second-order valence-electron chi connectivity index (χ2n) is 5.92. The Balaban J connectivity index is 2.44. The molecule has 1 atom stereocenters. The van der Waals surface area contributed by atoms with Gasteiger partial charge in [0.2, 0.25) is 0 Å². The van der Waals surface area contributed by atoms with Gasteiger partial charge < -0.3 is 29.9 Å². The maximum atomic E-state index is 12.5. The molecule has 1 heterocycles. The first-order chi connectivity index (χ1) is 12.5. The zero-order valence-corrected chi connectivity index (χ0v) is 15.2. The Kier molecular flexibility index (Phi) is 6.59. The molecule has 1 amide bonds. The molecule has 0 aromatic heterocycles. The smallest absolute Gasteiger partial charge is 0.290 e. The normalized spacial score (nSPS) is 17.0. The van der Waals surface area contributed by atoms with Crippen molar-refractivity contribution in [1.29, 1.82) is 0 Å². The highest BCUT2D eigenvalue weighted by Crippen LogP contribution is 2.42. The summed E-state index contributed by atoms with van der Waals surface area (Å²) in [7, 11) is 3.02. The average Bonchev–Trinajstić information content (AvgIpc) is 2.89. The van der Waals surface area contributed by atoms with Gasteiger partial charge >= 0.3 is 0 Å². The van der Waals surface area contributed by atoms with Gasteiger partial charge in [-0.2, -0.15) is 0 Å². The summed E-state index contributed by atoms with van der Waals surface area (Å²) >= 11 is 0. The van der Waals surface area contributed by atoms with Crippen LogP contribution in [0.5, 0.6) is 11.5 Å². The summed E-state index contributed by atoms with van der Waals surface area (Å²) in [5, 5.41) is 21.0. The van der Waals surface area contributed by atoms with Gasteiger partial charge in [0.1, 0.15) is 11.5 Å². The van der Waals surface area contributed by atoms with Gasteiger partial charge in [-0.25, -0.2) is 0 Å². The molecule has 26 heavy (non-hydrogen) atoms. The van der Waals surface area contributed by atoms with Crippen LogP contribution in [0.25, 0.3) is 0 Å². The van der Waals surface area contributed by atoms with Crippen molar-refractivity contribution in [1.82, 2.24) is 4.90 Å². The van der Waals surface area contributed by atoms with Crippen molar-refractivity contribution in [2.75, 3.05) is 40.5 Å². The molecule has 1 aromatic carbocycles. The summed E-state index contributed by atoms with van der Waals surface area (Å²) in [5.41, 5.74) is 0.652. The zero-order valence-electron chi connectivity index (χ0n) is 15.2. The molecular formula is C18H25N2O6+. The summed E-state index contributed by atoms with van der Waals surface area (Å²) in [4.78, 5) is 26.1. The highest BCUT2D eigenvalue weighted by Gasteiger charge is 2.43. The molecule has 0 unspecified atom stereocenters. The van der Waals surface area contributed by atoms with Crippen molar-refractivity contribution in [3.8, 4) is 11.5 Å². The predicted molar refractivity (Wildman–Crippen MR) is 93.1 cm³/mol. The van der Waals surface area contributed by atoms with Gasteiger partial charge in [0, 0.05) is 11.6 Å². The van der Waals surface area contributed by atoms with Crippen LogP contribution in [0.4, 0.5) is 0 Å². The number of ketones is 1. The van der Waals surface area contributed by atoms with Crippen molar-refractivity contribution in [3.63, 3.8) is 0 Å². The number of benzene rings is 1. The van der Waals surface area contributed by atoms with Gasteiger partial charge in [-0.3, -0.25) is 9.59 Å². The van der Waals surface area contributed by atoms with Crippen molar-refractivity contribution >= 4 is 11.7 Å². The van der Waals surface area contributed by atoms with E-state index in [1.165, 1.54) is 26.0 Å². The number of hydrogen-bond acceptors (Lipinski definition) is 6. The van der Waals surface area contributed by atoms with E-state index in [2.05, 4.69) is 0 Å². The number of rotatable bonds is 9. The molecule has 1 aliphatic heterocycles. The van der Waals surface area contributed by atoms with Gasteiger partial charge in [-0.1, -0.05) is 0 Å². The highest BCUT2D eigenvalue weighted by atomic mass is 16.5. The quantitative estimate of drug-likeness (QED) is 0.511. The fraction of sp³-hybridized carbons (Fsp3) is 0.444. The van der Waals surface area contributed by atoms with E-state index >= 15 is 0 Å². The minimum Gasteiger partial charge on any atom is -0.503 e. The third kappa shape index (κ3) is 3.81. The first-order valence-corrected chi connectivity index (χ1v) is 8.35. The van der Waals surface area contributed by atoms with Crippen LogP contribution in [0.1, 0.15) is 18.5 Å². The summed E-state index contributed by atoms with van der Waals surface area (Å²) in [6.07, 6.45) is 0. The summed E-state index contributed by atoms with van der Waals surface area (Å²) in [6, 6.07) is 4.37. The number of ether oxygens (including phenoxy) is 2. The molecule has 0 spiro atoms. The fourth-order valence-electron chi connectivity index (χ4n) is 3.08. The van der Waals surface area contributed by atoms with Crippen LogP contribution in [0, 0.1) is 0 Å². The molecule has 0 radical (unpaired) electrons. The summed E-state index contributed by atoms with van der Waals surface area (Å²) < 4.78 is 10.6. The number of nitrogens with zero attached hydrogens (tertiary/aromatic N) is 1. The number of nitrogens with two attached hydrogens (primary N) is 1. The molecule has 8 nitrogen and oxygen atoms in total. The SMILES string of the molecule is COc1ccc([C@@H]2C(C(C)=O)=C(O)C(=O)N2CC[NH2+]CCO)c(OC)c1. The number of aliphatic hydroxyl groups excluding tert-OH is 2. The number of amides is 1. The van der Waals surface area contributed by atoms with E-state index < -0.39 is 17.7 Å². The Morgan fingerprint density at radius 3 is 2.58 bits per heavy atom.